The maximum absolute atomic E-state index is 6.31. The maximum atomic E-state index is 6.31. The number of anilines is 2. The molecule has 5 heteroatoms. The summed E-state index contributed by atoms with van der Waals surface area (Å²) < 4.78 is 5.93. The quantitative estimate of drug-likeness (QED) is 0.470. The van der Waals surface area contributed by atoms with E-state index in [9.17, 15) is 0 Å². The normalized spacial score (nSPS) is 11.3. The van der Waals surface area contributed by atoms with E-state index in [1.165, 1.54) is 0 Å². The molecule has 0 unspecified atom stereocenters. The molecule has 0 fully saturated rings. The summed E-state index contributed by atoms with van der Waals surface area (Å²) in [5.74, 6) is 2.45. The first-order valence-electron chi connectivity index (χ1n) is 8.59. The van der Waals surface area contributed by atoms with Crippen molar-refractivity contribution in [3.63, 3.8) is 0 Å². The number of benzene rings is 2. The third kappa shape index (κ3) is 2.99. The van der Waals surface area contributed by atoms with Crippen LogP contribution in [0.5, 0.6) is 0 Å². The summed E-state index contributed by atoms with van der Waals surface area (Å²) in [6.07, 6.45) is 2.11. The third-order valence-electron chi connectivity index (χ3n) is 4.47. The van der Waals surface area contributed by atoms with Gasteiger partial charge in [-0.15, -0.1) is 0 Å². The number of nitrogen functional groups attached to an aromatic ring is 1. The number of aryl methyl sites for hydroxylation is 1. The van der Waals surface area contributed by atoms with Gasteiger partial charge < -0.3 is 15.5 Å². The molecule has 26 heavy (non-hydrogen) atoms. The van der Waals surface area contributed by atoms with Crippen LogP contribution in [0.4, 0.5) is 11.5 Å². The van der Waals surface area contributed by atoms with E-state index in [1.54, 1.807) is 0 Å². The lowest BCUT2D eigenvalue weighted by molar-refractivity contribution is 0.579. The predicted molar refractivity (Wildman–Crippen MR) is 113 cm³/mol. The molecule has 0 radical (unpaired) electrons. The number of hydrogen-bond acceptors (Lipinski definition) is 5. The van der Waals surface area contributed by atoms with Crippen molar-refractivity contribution in [1.29, 1.82) is 0 Å². The second-order valence-corrected chi connectivity index (χ2v) is 7.28. The summed E-state index contributed by atoms with van der Waals surface area (Å²) in [5.41, 5.74) is 11.0. The van der Waals surface area contributed by atoms with Gasteiger partial charge in [-0.1, -0.05) is 24.3 Å². The fraction of sp³-hybridized carbons (Fsp3) is 0.190. The van der Waals surface area contributed by atoms with Gasteiger partial charge in [-0.25, -0.2) is 4.98 Å². The number of furan rings is 1. The Labute approximate surface area is 156 Å². The molecule has 3 N–H and O–H groups in total. The molecule has 0 amide bonds. The second-order valence-electron chi connectivity index (χ2n) is 6.29. The molecular weight excluding hydrogens is 342 g/mol. The summed E-state index contributed by atoms with van der Waals surface area (Å²) in [4.78, 5) is 4.65. The fourth-order valence-electron chi connectivity index (χ4n) is 3.27. The summed E-state index contributed by atoms with van der Waals surface area (Å²) in [6, 6.07) is 16.4. The van der Waals surface area contributed by atoms with Crippen molar-refractivity contribution in [3.8, 4) is 11.1 Å². The Kier molecular flexibility index (Phi) is 4.47. The Bertz CT molecular complexity index is 1090. The number of pyridine rings is 1. The Hall–Kier alpha value is -2.66. The highest BCUT2D eigenvalue weighted by atomic mass is 32.2. The van der Waals surface area contributed by atoms with Gasteiger partial charge in [-0.05, 0) is 37.4 Å². The topological polar surface area (TPSA) is 64.1 Å². The monoisotopic (exact) mass is 363 g/mol. The predicted octanol–water partition coefficient (Wildman–Crippen LogP) is 5.31. The van der Waals surface area contributed by atoms with Crippen LogP contribution in [-0.2, 0) is 0 Å². The fourth-order valence-corrected chi connectivity index (χ4v) is 3.58. The maximum Gasteiger partial charge on any atom is 0.142 e. The van der Waals surface area contributed by atoms with Crippen LogP contribution in [0.3, 0.4) is 0 Å². The first-order chi connectivity index (χ1) is 12.7. The van der Waals surface area contributed by atoms with Crippen LogP contribution in [0.25, 0.3) is 33.0 Å². The van der Waals surface area contributed by atoms with E-state index in [2.05, 4.69) is 34.8 Å². The van der Waals surface area contributed by atoms with Crippen LogP contribution in [0.2, 0.25) is 0 Å². The average Bonchev–Trinajstić information content (AvgIpc) is 3.02. The van der Waals surface area contributed by atoms with Crippen molar-refractivity contribution >= 4 is 45.1 Å². The molecule has 2 aromatic heterocycles. The number of thioether (sulfide) groups is 1. The molecule has 0 aliphatic carbocycles. The summed E-state index contributed by atoms with van der Waals surface area (Å²) in [7, 11) is 0. The number of hydrogen-bond donors (Lipinski definition) is 2. The van der Waals surface area contributed by atoms with E-state index in [0.29, 0.717) is 5.82 Å². The Balaban J connectivity index is 1.89. The van der Waals surface area contributed by atoms with Crippen LogP contribution in [0.15, 0.2) is 52.9 Å². The molecule has 4 aromatic rings. The van der Waals surface area contributed by atoms with Crippen LogP contribution in [0, 0.1) is 6.92 Å². The SMILES string of the molecule is CSCCNc1cccc2nc(N)c(-c3cccc4cc(C)oc34)cc12. The molecule has 0 atom stereocenters. The number of rotatable bonds is 5. The molecule has 2 heterocycles. The van der Waals surface area contributed by atoms with Gasteiger partial charge in [0.25, 0.3) is 0 Å². The average molecular weight is 363 g/mol. The molecule has 0 saturated heterocycles. The highest BCUT2D eigenvalue weighted by molar-refractivity contribution is 7.98. The van der Waals surface area contributed by atoms with Gasteiger partial charge in [0.05, 0.1) is 5.52 Å². The van der Waals surface area contributed by atoms with Crippen molar-refractivity contribution in [2.75, 3.05) is 29.6 Å². The van der Waals surface area contributed by atoms with Gasteiger partial charge in [0.2, 0.25) is 0 Å². The minimum Gasteiger partial charge on any atom is -0.461 e. The Morgan fingerprint density at radius 3 is 2.81 bits per heavy atom. The Morgan fingerprint density at radius 1 is 1.12 bits per heavy atom. The van der Waals surface area contributed by atoms with Gasteiger partial charge in [0.15, 0.2) is 0 Å². The number of fused-ring (bicyclic) bond motifs is 2. The molecule has 0 aliphatic heterocycles. The first kappa shape index (κ1) is 16.8. The van der Waals surface area contributed by atoms with Gasteiger partial charge in [0, 0.05) is 39.9 Å². The zero-order valence-electron chi connectivity index (χ0n) is 14.9. The van der Waals surface area contributed by atoms with E-state index in [1.807, 2.05) is 49.0 Å². The summed E-state index contributed by atoms with van der Waals surface area (Å²) >= 11 is 1.82. The van der Waals surface area contributed by atoms with Crippen molar-refractivity contribution in [2.24, 2.45) is 0 Å². The van der Waals surface area contributed by atoms with Crippen LogP contribution in [-0.4, -0.2) is 23.5 Å². The van der Waals surface area contributed by atoms with Gasteiger partial charge in [0.1, 0.15) is 17.2 Å². The molecular formula is C21H21N3OS. The van der Waals surface area contributed by atoms with Crippen molar-refractivity contribution < 1.29 is 4.42 Å². The summed E-state index contributed by atoms with van der Waals surface area (Å²) in [6.45, 7) is 2.87. The second kappa shape index (κ2) is 6.92. The van der Waals surface area contributed by atoms with Crippen LogP contribution >= 0.6 is 11.8 Å². The largest absolute Gasteiger partial charge is 0.461 e. The molecule has 132 valence electrons. The van der Waals surface area contributed by atoms with E-state index < -0.39 is 0 Å². The number of nitrogens with zero attached hydrogens (tertiary/aromatic N) is 1. The lowest BCUT2D eigenvalue weighted by Gasteiger charge is -2.12. The number of nitrogens with two attached hydrogens (primary N) is 1. The van der Waals surface area contributed by atoms with Crippen LogP contribution in [0.1, 0.15) is 5.76 Å². The number of nitrogens with one attached hydrogen (secondary N) is 1. The number of para-hydroxylation sites is 1. The molecule has 0 aliphatic rings. The van der Waals surface area contributed by atoms with E-state index in [0.717, 1.165) is 56.7 Å². The van der Waals surface area contributed by atoms with Crippen LogP contribution < -0.4 is 11.1 Å². The van der Waals surface area contributed by atoms with E-state index >= 15 is 0 Å². The molecule has 4 rings (SSSR count). The first-order valence-corrected chi connectivity index (χ1v) is 9.98. The minimum atomic E-state index is 0.514. The third-order valence-corrected chi connectivity index (χ3v) is 5.08. The van der Waals surface area contributed by atoms with E-state index in [-0.39, 0.29) is 0 Å². The number of aromatic nitrogens is 1. The standard InChI is InChI=1S/C21H21N3OS/c1-13-11-14-5-3-6-15(20(14)25-13)16-12-17-18(23-9-10-26-2)7-4-8-19(17)24-21(16)22/h3-8,11-12,23H,9-10H2,1-2H3,(H2,22,24). The van der Waals surface area contributed by atoms with Crippen molar-refractivity contribution in [2.45, 2.75) is 6.92 Å². The highest BCUT2D eigenvalue weighted by Gasteiger charge is 2.14. The van der Waals surface area contributed by atoms with Gasteiger partial charge >= 0.3 is 0 Å². The summed E-state index contributed by atoms with van der Waals surface area (Å²) in [5, 5.41) is 5.65. The smallest absolute Gasteiger partial charge is 0.142 e. The molecule has 0 spiro atoms. The van der Waals surface area contributed by atoms with Crippen molar-refractivity contribution in [3.05, 3.63) is 54.3 Å². The molecule has 2 aromatic carbocycles. The molecule has 4 nitrogen and oxygen atoms in total. The molecule has 0 bridgehead atoms. The Morgan fingerprint density at radius 2 is 1.96 bits per heavy atom. The lowest BCUT2D eigenvalue weighted by atomic mass is 10.0. The van der Waals surface area contributed by atoms with E-state index in [4.69, 9.17) is 10.2 Å². The zero-order chi connectivity index (χ0) is 18.1. The van der Waals surface area contributed by atoms with Gasteiger partial charge in [-0.3, -0.25) is 0 Å². The molecule has 0 saturated carbocycles. The minimum absolute atomic E-state index is 0.514. The van der Waals surface area contributed by atoms with Crippen molar-refractivity contribution in [1.82, 2.24) is 4.98 Å². The highest BCUT2D eigenvalue weighted by Crippen LogP contribution is 2.36. The van der Waals surface area contributed by atoms with Gasteiger partial charge in [-0.2, -0.15) is 11.8 Å². The lowest BCUT2D eigenvalue weighted by Crippen LogP contribution is -2.05. The zero-order valence-corrected chi connectivity index (χ0v) is 15.7.